The van der Waals surface area contributed by atoms with Crippen molar-refractivity contribution >= 4 is 45.6 Å². The van der Waals surface area contributed by atoms with E-state index >= 15 is 0 Å². The van der Waals surface area contributed by atoms with Crippen LogP contribution in [0.3, 0.4) is 0 Å². The molecule has 1 fully saturated rings. The smallest absolute Gasteiger partial charge is 0.238 e. The third-order valence-electron chi connectivity index (χ3n) is 4.68. The van der Waals surface area contributed by atoms with Gasteiger partial charge in [0.15, 0.2) is 0 Å². The second-order valence-electron chi connectivity index (χ2n) is 6.13. The molecule has 1 atom stereocenters. The lowest BCUT2D eigenvalue weighted by atomic mass is 9.94. The number of benzene rings is 3. The van der Waals surface area contributed by atoms with Crippen LogP contribution in [0.5, 0.6) is 0 Å². The number of hydrogen-bond donors (Lipinski definition) is 1. The molecule has 1 aliphatic carbocycles. The number of nitrogens with one attached hydrogen (secondary N) is 1. The summed E-state index contributed by atoms with van der Waals surface area (Å²) in [6, 6.07) is 23.3. The molecule has 4 heteroatoms. The lowest BCUT2D eigenvalue weighted by Crippen LogP contribution is -2.32. The average Bonchev–Trinajstić information content (AvgIpc) is 3.20. The Morgan fingerprint density at radius 3 is 2.21 bits per heavy atom. The molecule has 24 heavy (non-hydrogen) atoms. The maximum atomic E-state index is 13.1. The summed E-state index contributed by atoms with van der Waals surface area (Å²) in [4.78, 5) is 13.1. The van der Waals surface area contributed by atoms with Crippen molar-refractivity contribution in [3.05, 3.63) is 78.4 Å². The van der Waals surface area contributed by atoms with Gasteiger partial charge in [-0.25, -0.2) is 0 Å². The van der Waals surface area contributed by atoms with Crippen molar-refractivity contribution < 1.29 is 4.79 Å². The van der Waals surface area contributed by atoms with E-state index < -0.39 is 9.75 Å². The fourth-order valence-electron chi connectivity index (χ4n) is 3.27. The second kappa shape index (κ2) is 5.51. The molecule has 0 aromatic heterocycles. The molecule has 0 radical (unpaired) electrons. The summed E-state index contributed by atoms with van der Waals surface area (Å²) in [5, 5.41) is 5.10. The average molecular weight is 356 g/mol. The standard InChI is InChI=1S/C20H15Cl2NO/c21-20(22)13-19(20,15-9-2-1-3-10-15)18(24)23-17-12-6-8-14-7-4-5-11-16(14)17/h1-12H,13H2,(H,23,24). The fourth-order valence-corrected chi connectivity index (χ4v) is 4.06. The fraction of sp³-hybridized carbons (Fsp3) is 0.150. The number of fused-ring (bicyclic) bond motifs is 1. The Bertz CT molecular complexity index is 918. The van der Waals surface area contributed by atoms with Crippen LogP contribution >= 0.6 is 23.2 Å². The quantitative estimate of drug-likeness (QED) is 0.635. The predicted molar refractivity (Wildman–Crippen MR) is 99.8 cm³/mol. The molecule has 1 unspecified atom stereocenters. The van der Waals surface area contributed by atoms with Crippen LogP contribution in [0.1, 0.15) is 12.0 Å². The SMILES string of the molecule is O=C(Nc1cccc2ccccc12)C1(c2ccccc2)CC1(Cl)Cl. The molecular weight excluding hydrogens is 341 g/mol. The van der Waals surface area contributed by atoms with Crippen LogP contribution in [-0.2, 0) is 10.2 Å². The van der Waals surface area contributed by atoms with Gasteiger partial charge in [0.05, 0.1) is 0 Å². The molecule has 1 N–H and O–H groups in total. The van der Waals surface area contributed by atoms with Crippen molar-refractivity contribution in [2.75, 3.05) is 5.32 Å². The van der Waals surface area contributed by atoms with E-state index in [0.717, 1.165) is 22.0 Å². The Balaban J connectivity index is 1.73. The first-order valence-electron chi connectivity index (χ1n) is 7.77. The van der Waals surface area contributed by atoms with Gasteiger partial charge >= 0.3 is 0 Å². The van der Waals surface area contributed by atoms with Crippen LogP contribution in [0.2, 0.25) is 0 Å². The summed E-state index contributed by atoms with van der Waals surface area (Å²) in [7, 11) is 0. The minimum absolute atomic E-state index is 0.171. The van der Waals surface area contributed by atoms with E-state index in [9.17, 15) is 4.79 Å². The second-order valence-corrected chi connectivity index (χ2v) is 7.62. The number of carbonyl (C=O) groups is 1. The zero-order valence-corrected chi connectivity index (χ0v) is 14.3. The molecule has 4 rings (SSSR count). The monoisotopic (exact) mass is 355 g/mol. The normalized spacial score (nSPS) is 21.4. The number of amides is 1. The Morgan fingerprint density at radius 2 is 1.50 bits per heavy atom. The number of carbonyl (C=O) groups excluding carboxylic acids is 1. The summed E-state index contributed by atoms with van der Waals surface area (Å²) in [6.45, 7) is 0. The molecule has 1 aliphatic rings. The zero-order chi connectivity index (χ0) is 16.8. The van der Waals surface area contributed by atoms with E-state index in [1.165, 1.54) is 0 Å². The van der Waals surface area contributed by atoms with Gasteiger partial charge in [-0.2, -0.15) is 0 Å². The highest BCUT2D eigenvalue weighted by Crippen LogP contribution is 2.65. The maximum absolute atomic E-state index is 13.1. The van der Waals surface area contributed by atoms with Crippen LogP contribution in [0.4, 0.5) is 5.69 Å². The topological polar surface area (TPSA) is 29.1 Å². The van der Waals surface area contributed by atoms with Crippen molar-refractivity contribution in [1.29, 1.82) is 0 Å². The predicted octanol–water partition coefficient (Wildman–Crippen LogP) is 5.29. The van der Waals surface area contributed by atoms with Crippen LogP contribution in [-0.4, -0.2) is 10.2 Å². The first-order chi connectivity index (χ1) is 11.5. The maximum Gasteiger partial charge on any atom is 0.238 e. The van der Waals surface area contributed by atoms with Crippen molar-refractivity contribution in [1.82, 2.24) is 0 Å². The van der Waals surface area contributed by atoms with E-state index in [-0.39, 0.29) is 5.91 Å². The summed E-state index contributed by atoms with van der Waals surface area (Å²) in [5.41, 5.74) is 0.700. The summed E-state index contributed by atoms with van der Waals surface area (Å²) < 4.78 is -1.08. The highest BCUT2D eigenvalue weighted by molar-refractivity contribution is 6.54. The number of anilines is 1. The van der Waals surface area contributed by atoms with Crippen molar-refractivity contribution in [2.24, 2.45) is 0 Å². The van der Waals surface area contributed by atoms with Gasteiger partial charge in [-0.15, -0.1) is 23.2 Å². The van der Waals surface area contributed by atoms with Crippen LogP contribution < -0.4 is 5.32 Å². The van der Waals surface area contributed by atoms with Crippen molar-refractivity contribution in [2.45, 2.75) is 16.2 Å². The Kier molecular flexibility index (Phi) is 3.56. The molecule has 0 saturated heterocycles. The van der Waals surface area contributed by atoms with Crippen molar-refractivity contribution in [3.63, 3.8) is 0 Å². The van der Waals surface area contributed by atoms with Gasteiger partial charge in [0.1, 0.15) is 9.75 Å². The lowest BCUT2D eigenvalue weighted by molar-refractivity contribution is -0.118. The zero-order valence-electron chi connectivity index (χ0n) is 12.8. The van der Waals surface area contributed by atoms with Crippen LogP contribution in [0.15, 0.2) is 72.8 Å². The van der Waals surface area contributed by atoms with E-state index in [0.29, 0.717) is 6.42 Å². The largest absolute Gasteiger partial charge is 0.325 e. The van der Waals surface area contributed by atoms with Gasteiger partial charge in [-0.3, -0.25) is 4.79 Å². The van der Waals surface area contributed by atoms with E-state index in [2.05, 4.69) is 5.32 Å². The van der Waals surface area contributed by atoms with Crippen molar-refractivity contribution in [3.8, 4) is 0 Å². The Hall–Kier alpha value is -2.03. The molecule has 0 aliphatic heterocycles. The molecule has 3 aromatic carbocycles. The molecule has 1 amide bonds. The molecule has 0 bridgehead atoms. The molecule has 2 nitrogen and oxygen atoms in total. The van der Waals surface area contributed by atoms with Gasteiger partial charge in [0, 0.05) is 17.5 Å². The summed E-state index contributed by atoms with van der Waals surface area (Å²) in [5.74, 6) is -0.171. The Morgan fingerprint density at radius 1 is 0.875 bits per heavy atom. The summed E-state index contributed by atoms with van der Waals surface area (Å²) in [6.07, 6.45) is 0.406. The van der Waals surface area contributed by atoms with E-state index in [4.69, 9.17) is 23.2 Å². The third-order valence-corrected chi connectivity index (χ3v) is 5.59. The first-order valence-corrected chi connectivity index (χ1v) is 8.53. The van der Waals surface area contributed by atoms with E-state index in [1.807, 2.05) is 72.8 Å². The van der Waals surface area contributed by atoms with Gasteiger partial charge in [-0.1, -0.05) is 66.7 Å². The minimum Gasteiger partial charge on any atom is -0.325 e. The molecular formula is C20H15Cl2NO. The molecule has 0 heterocycles. The molecule has 1 saturated carbocycles. The van der Waals surface area contributed by atoms with Gasteiger partial charge < -0.3 is 5.32 Å². The van der Waals surface area contributed by atoms with Gasteiger partial charge in [-0.05, 0) is 17.0 Å². The molecule has 120 valence electrons. The van der Waals surface area contributed by atoms with Crippen LogP contribution in [0, 0.1) is 0 Å². The van der Waals surface area contributed by atoms with E-state index in [1.54, 1.807) is 0 Å². The summed E-state index contributed by atoms with van der Waals surface area (Å²) >= 11 is 12.8. The Labute approximate surface area is 150 Å². The lowest BCUT2D eigenvalue weighted by Gasteiger charge is -2.19. The van der Waals surface area contributed by atoms with Gasteiger partial charge in [0.2, 0.25) is 5.91 Å². The van der Waals surface area contributed by atoms with Gasteiger partial charge in [0.25, 0.3) is 0 Å². The minimum atomic E-state index is -1.08. The highest BCUT2D eigenvalue weighted by Gasteiger charge is 2.72. The molecule has 0 spiro atoms. The third kappa shape index (κ3) is 2.29. The number of hydrogen-bond acceptors (Lipinski definition) is 1. The number of alkyl halides is 2. The number of halogens is 2. The van der Waals surface area contributed by atoms with Crippen LogP contribution in [0.25, 0.3) is 10.8 Å². The molecule has 3 aromatic rings. The first kappa shape index (κ1) is 15.5. The number of rotatable bonds is 3. The highest BCUT2D eigenvalue weighted by atomic mass is 35.5.